The van der Waals surface area contributed by atoms with Crippen molar-refractivity contribution in [2.24, 2.45) is 0 Å². The molecule has 0 aromatic heterocycles. The minimum Gasteiger partial charge on any atom is -0.489 e. The van der Waals surface area contributed by atoms with Crippen LogP contribution in [0.25, 0.3) is 0 Å². The summed E-state index contributed by atoms with van der Waals surface area (Å²) >= 11 is 1.66. The van der Waals surface area contributed by atoms with E-state index in [1.54, 1.807) is 11.8 Å². The Morgan fingerprint density at radius 2 is 2.33 bits per heavy atom. The van der Waals surface area contributed by atoms with Crippen molar-refractivity contribution < 1.29 is 9.47 Å². The third-order valence-corrected chi connectivity index (χ3v) is 4.17. The van der Waals surface area contributed by atoms with E-state index in [9.17, 15) is 5.26 Å². The fraction of sp³-hybridized carbons (Fsp3) is 0.562. The summed E-state index contributed by atoms with van der Waals surface area (Å²) in [7, 11) is 0. The summed E-state index contributed by atoms with van der Waals surface area (Å²) in [4.78, 5) is 0.973. The number of nitriles is 1. The normalized spacial score (nSPS) is 20.8. The maximum atomic E-state index is 9.36. The van der Waals surface area contributed by atoms with Crippen molar-refractivity contribution in [3.8, 4) is 11.8 Å². The predicted molar refractivity (Wildman–Crippen MR) is 84.9 cm³/mol. The first-order valence-corrected chi connectivity index (χ1v) is 8.21. The van der Waals surface area contributed by atoms with Crippen LogP contribution in [0.2, 0.25) is 0 Å². The van der Waals surface area contributed by atoms with Crippen LogP contribution >= 0.6 is 11.8 Å². The summed E-state index contributed by atoms with van der Waals surface area (Å²) in [5.41, 5.74) is 0.442. The molecule has 5 heteroatoms. The monoisotopic (exact) mass is 306 g/mol. The first-order chi connectivity index (χ1) is 10.1. The maximum absolute atomic E-state index is 9.36. The van der Waals surface area contributed by atoms with Crippen LogP contribution in [-0.4, -0.2) is 37.2 Å². The van der Waals surface area contributed by atoms with E-state index in [0.717, 1.165) is 23.7 Å². The Morgan fingerprint density at radius 3 is 3.00 bits per heavy atom. The molecular weight excluding hydrogens is 284 g/mol. The summed E-state index contributed by atoms with van der Waals surface area (Å²) in [5, 5.41) is 12.7. The van der Waals surface area contributed by atoms with Crippen LogP contribution in [0.1, 0.15) is 26.3 Å². The number of hydrogen-bond acceptors (Lipinski definition) is 5. The lowest BCUT2D eigenvalue weighted by Gasteiger charge is -2.36. The summed E-state index contributed by atoms with van der Waals surface area (Å²) in [6.45, 7) is 8.26. The average molecular weight is 306 g/mol. The van der Waals surface area contributed by atoms with Gasteiger partial charge in [0.1, 0.15) is 30.1 Å². The smallest absolute Gasteiger partial charge is 0.138 e. The van der Waals surface area contributed by atoms with Crippen molar-refractivity contribution in [3.63, 3.8) is 0 Å². The van der Waals surface area contributed by atoms with Gasteiger partial charge in [-0.3, -0.25) is 0 Å². The summed E-state index contributed by atoms with van der Waals surface area (Å²) in [6, 6.07) is 7.99. The third kappa shape index (κ3) is 4.37. The van der Waals surface area contributed by atoms with E-state index in [1.807, 2.05) is 18.2 Å². The van der Waals surface area contributed by atoms with Gasteiger partial charge in [0.25, 0.3) is 0 Å². The van der Waals surface area contributed by atoms with Gasteiger partial charge in [-0.05, 0) is 31.7 Å². The molecule has 0 radical (unpaired) electrons. The molecule has 1 saturated heterocycles. The minimum absolute atomic E-state index is 0.00257. The summed E-state index contributed by atoms with van der Waals surface area (Å²) in [6.07, 6.45) is 0.00257. The molecule has 1 atom stereocenters. The molecule has 0 spiro atoms. The van der Waals surface area contributed by atoms with Crippen molar-refractivity contribution in [1.29, 1.82) is 5.26 Å². The SMILES string of the molecule is CCSc1cccc(OCC2CNCC(C)(C)O2)c1C#N. The Balaban J connectivity index is 2.03. The molecule has 114 valence electrons. The number of nitrogens with zero attached hydrogens (tertiary/aromatic N) is 1. The van der Waals surface area contributed by atoms with Gasteiger partial charge in [-0.1, -0.05) is 13.0 Å². The number of rotatable bonds is 5. The average Bonchev–Trinajstić information content (AvgIpc) is 2.44. The van der Waals surface area contributed by atoms with E-state index in [2.05, 4.69) is 32.2 Å². The zero-order chi connectivity index (χ0) is 15.3. The third-order valence-electron chi connectivity index (χ3n) is 3.23. The van der Waals surface area contributed by atoms with Gasteiger partial charge in [0, 0.05) is 18.0 Å². The molecule has 1 aromatic carbocycles. The number of thioether (sulfide) groups is 1. The highest BCUT2D eigenvalue weighted by Crippen LogP contribution is 2.29. The fourth-order valence-electron chi connectivity index (χ4n) is 2.36. The lowest BCUT2D eigenvalue weighted by atomic mass is 10.1. The van der Waals surface area contributed by atoms with Crippen molar-refractivity contribution in [3.05, 3.63) is 23.8 Å². The summed E-state index contributed by atoms with van der Waals surface area (Å²) in [5.74, 6) is 1.57. The van der Waals surface area contributed by atoms with Gasteiger partial charge in [0.05, 0.1) is 5.60 Å². The molecule has 1 N–H and O–H groups in total. The van der Waals surface area contributed by atoms with Crippen molar-refractivity contribution >= 4 is 11.8 Å². The highest BCUT2D eigenvalue weighted by molar-refractivity contribution is 7.99. The van der Waals surface area contributed by atoms with Gasteiger partial charge >= 0.3 is 0 Å². The van der Waals surface area contributed by atoms with Crippen molar-refractivity contribution in [2.45, 2.75) is 37.4 Å². The van der Waals surface area contributed by atoms with Gasteiger partial charge < -0.3 is 14.8 Å². The van der Waals surface area contributed by atoms with Gasteiger partial charge in [0.15, 0.2) is 0 Å². The molecule has 1 aromatic rings. The standard InChI is InChI=1S/C16H22N2O2S/c1-4-21-15-7-5-6-14(13(15)8-17)19-10-12-9-18-11-16(2,3)20-12/h5-7,12,18H,4,9-11H2,1-3H3. The van der Waals surface area contributed by atoms with E-state index < -0.39 is 0 Å². The van der Waals surface area contributed by atoms with Gasteiger partial charge in [-0.25, -0.2) is 0 Å². The van der Waals surface area contributed by atoms with E-state index in [4.69, 9.17) is 9.47 Å². The number of nitrogens with one attached hydrogen (secondary N) is 1. The number of ether oxygens (including phenoxy) is 2. The number of benzene rings is 1. The molecule has 2 rings (SSSR count). The van der Waals surface area contributed by atoms with Crippen LogP contribution in [-0.2, 0) is 4.74 Å². The van der Waals surface area contributed by atoms with Crippen LogP contribution < -0.4 is 10.1 Å². The van der Waals surface area contributed by atoms with E-state index in [0.29, 0.717) is 17.9 Å². The lowest BCUT2D eigenvalue weighted by Crippen LogP contribution is -2.52. The molecular formula is C16H22N2O2S. The van der Waals surface area contributed by atoms with Crippen LogP contribution in [0, 0.1) is 11.3 Å². The first kappa shape index (κ1) is 16.2. The second-order valence-corrected chi connectivity index (χ2v) is 6.92. The molecule has 1 unspecified atom stereocenters. The number of morpholine rings is 1. The highest BCUT2D eigenvalue weighted by Gasteiger charge is 2.28. The van der Waals surface area contributed by atoms with Crippen LogP contribution in [0.3, 0.4) is 0 Å². The highest BCUT2D eigenvalue weighted by atomic mass is 32.2. The number of hydrogen-bond donors (Lipinski definition) is 1. The molecule has 4 nitrogen and oxygen atoms in total. The zero-order valence-corrected chi connectivity index (χ0v) is 13.6. The van der Waals surface area contributed by atoms with Crippen LogP contribution in [0.15, 0.2) is 23.1 Å². The zero-order valence-electron chi connectivity index (χ0n) is 12.8. The molecule has 1 fully saturated rings. The molecule has 1 aliphatic heterocycles. The molecule has 1 heterocycles. The van der Waals surface area contributed by atoms with E-state index in [-0.39, 0.29) is 11.7 Å². The summed E-state index contributed by atoms with van der Waals surface area (Å²) < 4.78 is 11.8. The van der Waals surface area contributed by atoms with Crippen molar-refractivity contribution in [1.82, 2.24) is 5.32 Å². The molecule has 0 aliphatic carbocycles. The van der Waals surface area contributed by atoms with Gasteiger partial charge in [-0.2, -0.15) is 5.26 Å². The van der Waals surface area contributed by atoms with E-state index in [1.165, 1.54) is 0 Å². The van der Waals surface area contributed by atoms with Gasteiger partial charge in [-0.15, -0.1) is 11.8 Å². The second-order valence-electron chi connectivity index (χ2n) is 5.62. The Labute approximate surface area is 130 Å². The van der Waals surface area contributed by atoms with Crippen molar-refractivity contribution in [2.75, 3.05) is 25.4 Å². The molecule has 21 heavy (non-hydrogen) atoms. The Bertz CT molecular complexity index is 525. The Morgan fingerprint density at radius 1 is 1.52 bits per heavy atom. The Kier molecular flexibility index (Phi) is 5.51. The minimum atomic E-state index is -0.176. The molecule has 0 amide bonds. The fourth-order valence-corrected chi connectivity index (χ4v) is 3.14. The lowest BCUT2D eigenvalue weighted by molar-refractivity contribution is -0.107. The molecule has 1 aliphatic rings. The first-order valence-electron chi connectivity index (χ1n) is 7.23. The molecule has 0 saturated carbocycles. The maximum Gasteiger partial charge on any atom is 0.138 e. The quantitative estimate of drug-likeness (QED) is 0.848. The predicted octanol–water partition coefficient (Wildman–Crippen LogP) is 2.82. The van der Waals surface area contributed by atoms with Crippen LogP contribution in [0.4, 0.5) is 0 Å². The topological polar surface area (TPSA) is 54.3 Å². The van der Waals surface area contributed by atoms with E-state index >= 15 is 0 Å². The second kappa shape index (κ2) is 7.17. The van der Waals surface area contributed by atoms with Crippen LogP contribution in [0.5, 0.6) is 5.75 Å². The largest absolute Gasteiger partial charge is 0.489 e. The Hall–Kier alpha value is -1.22. The molecule has 0 bridgehead atoms. The van der Waals surface area contributed by atoms with Gasteiger partial charge in [0.2, 0.25) is 0 Å².